The maximum Gasteiger partial charge on any atom is 0.315 e. The Morgan fingerprint density at radius 2 is 1.72 bits per heavy atom. The molecule has 4 heterocycles. The molecule has 3 saturated heterocycles. The first-order chi connectivity index (χ1) is 26.0. The highest BCUT2D eigenvalue weighted by molar-refractivity contribution is 5.79. The number of hydrogen-bond acceptors (Lipinski definition) is 16. The SMILES string of the molecule is COc1cc([C@@H]2c3cc4c(cc3[C@@H](OC3OC5COC(C)OC5C(O)C3O)[C@H]3COC(=O)[C@H]23)OCO4)cc(CO)c1OC(=O)Cc1ccc([N+](=O)[O-])cc1. The summed E-state index contributed by atoms with van der Waals surface area (Å²) in [6, 6.07) is 12.2. The Morgan fingerprint density at radius 3 is 2.43 bits per heavy atom. The van der Waals surface area contributed by atoms with E-state index in [2.05, 4.69) is 0 Å². The van der Waals surface area contributed by atoms with Crippen LogP contribution in [-0.4, -0.2) is 96.3 Å². The van der Waals surface area contributed by atoms with Gasteiger partial charge in [-0.25, -0.2) is 0 Å². The molecule has 10 atom stereocenters. The van der Waals surface area contributed by atoms with Gasteiger partial charge in [-0.15, -0.1) is 0 Å². The molecule has 0 amide bonds. The molecule has 0 bridgehead atoms. The third-order valence-electron chi connectivity index (χ3n) is 10.5. The second-order valence-corrected chi connectivity index (χ2v) is 13.7. The van der Waals surface area contributed by atoms with Crippen LogP contribution in [-0.2, 0) is 46.3 Å². The molecule has 1 aliphatic carbocycles. The summed E-state index contributed by atoms with van der Waals surface area (Å²) >= 11 is 0. The minimum Gasteiger partial charge on any atom is -0.493 e. The van der Waals surface area contributed by atoms with Crippen molar-refractivity contribution in [3.63, 3.8) is 0 Å². The Balaban J connectivity index is 1.14. The van der Waals surface area contributed by atoms with Crippen molar-refractivity contribution in [2.75, 3.05) is 27.1 Å². The quantitative estimate of drug-likeness (QED) is 0.123. The van der Waals surface area contributed by atoms with Crippen LogP contribution in [0.15, 0.2) is 48.5 Å². The number of esters is 2. The van der Waals surface area contributed by atoms with E-state index in [9.17, 15) is 35.0 Å². The summed E-state index contributed by atoms with van der Waals surface area (Å²) < 4.78 is 52.3. The molecule has 0 spiro atoms. The van der Waals surface area contributed by atoms with Gasteiger partial charge in [0, 0.05) is 29.5 Å². The molecule has 3 aromatic carbocycles. The number of ether oxygens (including phenoxy) is 9. The molecule has 0 aromatic heterocycles. The van der Waals surface area contributed by atoms with Crippen molar-refractivity contribution in [2.45, 2.75) is 69.0 Å². The Bertz CT molecular complexity index is 1930. The van der Waals surface area contributed by atoms with E-state index in [4.69, 9.17) is 42.6 Å². The first-order valence-electron chi connectivity index (χ1n) is 17.3. The first kappa shape index (κ1) is 36.1. The highest BCUT2D eigenvalue weighted by Gasteiger charge is 2.56. The van der Waals surface area contributed by atoms with Gasteiger partial charge in [-0.05, 0) is 53.4 Å². The molecule has 3 aromatic rings. The van der Waals surface area contributed by atoms with Gasteiger partial charge < -0.3 is 58.0 Å². The first-order valence-corrected chi connectivity index (χ1v) is 17.3. The molecule has 17 heteroatoms. The predicted octanol–water partition coefficient (Wildman–Crippen LogP) is 2.17. The number of methoxy groups -OCH3 is 1. The van der Waals surface area contributed by atoms with Crippen molar-refractivity contribution < 1.29 is 72.5 Å². The summed E-state index contributed by atoms with van der Waals surface area (Å²) in [4.78, 5) is 37.2. The van der Waals surface area contributed by atoms with Crippen LogP contribution in [0.1, 0.15) is 46.8 Å². The lowest BCUT2D eigenvalue weighted by Crippen LogP contribution is -2.63. The molecular weight excluding hydrogens is 714 g/mol. The van der Waals surface area contributed by atoms with Gasteiger partial charge in [-0.1, -0.05) is 12.1 Å². The van der Waals surface area contributed by atoms with E-state index in [-0.39, 0.29) is 49.2 Å². The molecule has 0 saturated carbocycles. The van der Waals surface area contributed by atoms with E-state index >= 15 is 0 Å². The third kappa shape index (κ3) is 6.40. The maximum atomic E-state index is 13.7. The van der Waals surface area contributed by atoms with Crippen molar-refractivity contribution >= 4 is 17.6 Å². The monoisotopic (exact) mass is 751 g/mol. The summed E-state index contributed by atoms with van der Waals surface area (Å²) in [5, 5.41) is 43.8. The van der Waals surface area contributed by atoms with Crippen LogP contribution >= 0.6 is 0 Å². The van der Waals surface area contributed by atoms with E-state index in [1.807, 2.05) is 0 Å². The van der Waals surface area contributed by atoms with E-state index < -0.39 is 84.3 Å². The van der Waals surface area contributed by atoms with Crippen LogP contribution in [0.4, 0.5) is 5.69 Å². The number of non-ortho nitro benzene ring substituents is 1. The summed E-state index contributed by atoms with van der Waals surface area (Å²) in [6.07, 6.45) is -7.48. The number of fused-ring (bicyclic) bond motifs is 4. The lowest BCUT2D eigenvalue weighted by Gasteiger charge is -2.47. The number of rotatable bonds is 9. The zero-order valence-electron chi connectivity index (χ0n) is 29.0. The highest BCUT2D eigenvalue weighted by atomic mass is 16.8. The fraction of sp³-hybridized carbons (Fsp3) is 0.459. The number of aliphatic hydroxyl groups excluding tert-OH is 3. The number of nitro benzene ring substituents is 1. The van der Waals surface area contributed by atoms with Crippen LogP contribution < -0.4 is 18.9 Å². The smallest absolute Gasteiger partial charge is 0.315 e. The Morgan fingerprint density at radius 1 is 0.981 bits per heavy atom. The molecule has 286 valence electrons. The number of carbonyl (C=O) groups is 2. The average molecular weight is 752 g/mol. The van der Waals surface area contributed by atoms with E-state index in [1.165, 1.54) is 31.4 Å². The average Bonchev–Trinajstić information content (AvgIpc) is 3.79. The number of cyclic esters (lactones) is 1. The number of carbonyl (C=O) groups excluding carboxylic acids is 2. The fourth-order valence-corrected chi connectivity index (χ4v) is 7.94. The molecule has 17 nitrogen and oxygen atoms in total. The summed E-state index contributed by atoms with van der Waals surface area (Å²) in [5.41, 5.74) is 2.25. The number of nitro groups is 1. The van der Waals surface area contributed by atoms with E-state index in [1.54, 1.807) is 31.2 Å². The molecule has 6 unspecified atom stereocenters. The topological polar surface area (TPSA) is 221 Å². The summed E-state index contributed by atoms with van der Waals surface area (Å²) in [6.45, 7) is 1.13. The summed E-state index contributed by atoms with van der Waals surface area (Å²) in [5.74, 6) is -2.49. The largest absolute Gasteiger partial charge is 0.493 e. The third-order valence-corrected chi connectivity index (χ3v) is 10.5. The van der Waals surface area contributed by atoms with E-state index in [0.29, 0.717) is 33.8 Å². The number of aliphatic hydroxyl groups is 3. The van der Waals surface area contributed by atoms with Crippen LogP contribution in [0.3, 0.4) is 0 Å². The zero-order chi connectivity index (χ0) is 37.8. The van der Waals surface area contributed by atoms with Gasteiger partial charge in [0.05, 0.1) is 50.3 Å². The predicted molar refractivity (Wildman–Crippen MR) is 178 cm³/mol. The summed E-state index contributed by atoms with van der Waals surface area (Å²) in [7, 11) is 1.37. The molecule has 5 aliphatic rings. The molecule has 54 heavy (non-hydrogen) atoms. The van der Waals surface area contributed by atoms with Crippen molar-refractivity contribution in [1.29, 1.82) is 0 Å². The second-order valence-electron chi connectivity index (χ2n) is 13.7. The molecule has 8 rings (SSSR count). The fourth-order valence-electron chi connectivity index (χ4n) is 7.94. The van der Waals surface area contributed by atoms with Gasteiger partial charge in [0.15, 0.2) is 35.6 Å². The van der Waals surface area contributed by atoms with Gasteiger partial charge in [0.25, 0.3) is 5.69 Å². The van der Waals surface area contributed by atoms with Gasteiger partial charge in [-0.3, -0.25) is 19.7 Å². The van der Waals surface area contributed by atoms with Crippen molar-refractivity contribution in [3.8, 4) is 23.0 Å². The minimum atomic E-state index is -1.50. The normalized spacial score (nSPS) is 30.8. The molecule has 0 radical (unpaired) electrons. The van der Waals surface area contributed by atoms with Crippen molar-refractivity contribution in [3.05, 3.63) is 86.5 Å². The van der Waals surface area contributed by atoms with Crippen LogP contribution in [0.5, 0.6) is 23.0 Å². The second kappa shape index (κ2) is 14.4. The lowest BCUT2D eigenvalue weighted by molar-refractivity contribution is -0.384. The van der Waals surface area contributed by atoms with Crippen molar-refractivity contribution in [1.82, 2.24) is 0 Å². The minimum absolute atomic E-state index is 0.0329. The van der Waals surface area contributed by atoms with Gasteiger partial charge in [0.1, 0.15) is 24.4 Å². The van der Waals surface area contributed by atoms with Crippen LogP contribution in [0.2, 0.25) is 0 Å². The Labute approximate surface area is 307 Å². The Kier molecular flexibility index (Phi) is 9.63. The van der Waals surface area contributed by atoms with Gasteiger partial charge >= 0.3 is 11.9 Å². The standard InChI is InChI=1S/C37H37NO16/c1-16-47-14-27-35(51-16)31(41)32(42)37(52-27)54-34-22-11-25-24(49-15-50-25)10-21(22)29(30-23(34)13-48-36(30)43)18-8-19(12-39)33(26(9-18)46-2)53-28(40)7-17-3-5-20(6-4-17)38(44)45/h3-6,8-11,16,23,27,29-32,34-35,37,39,41-42H,7,12-15H2,1-2H3/t16?,23-,27?,29+,30-,31?,32?,34+,35?,37?/m0/s1. The number of hydrogen-bond donors (Lipinski definition) is 3. The highest BCUT2D eigenvalue weighted by Crippen LogP contribution is 2.56. The van der Waals surface area contributed by atoms with Crippen LogP contribution in [0, 0.1) is 22.0 Å². The molecular formula is C37H37NO16. The van der Waals surface area contributed by atoms with Gasteiger partial charge in [-0.2, -0.15) is 0 Å². The molecule has 3 N–H and O–H groups in total. The molecule has 3 fully saturated rings. The van der Waals surface area contributed by atoms with Gasteiger partial charge in [0.2, 0.25) is 6.79 Å². The zero-order valence-corrected chi connectivity index (χ0v) is 29.0. The van der Waals surface area contributed by atoms with Crippen molar-refractivity contribution in [2.24, 2.45) is 11.8 Å². The molecule has 4 aliphatic heterocycles. The number of benzene rings is 3. The lowest BCUT2D eigenvalue weighted by atomic mass is 9.66. The number of nitrogens with zero attached hydrogens (tertiary/aromatic N) is 1. The van der Waals surface area contributed by atoms with E-state index in [0.717, 1.165) is 0 Å². The Hall–Kier alpha value is -4.88. The van der Waals surface area contributed by atoms with Crippen LogP contribution in [0.25, 0.3) is 0 Å². The maximum absolute atomic E-state index is 13.7.